The first-order chi connectivity index (χ1) is 15.4. The molecule has 3 N–H and O–H groups in total. The van der Waals surface area contributed by atoms with Crippen LogP contribution in [0.1, 0.15) is 85.3 Å². The number of alkyl carbamates (subject to hydrolysis) is 1. The molecule has 3 amide bonds. The monoisotopic (exact) mass is 463 g/mol. The maximum atomic E-state index is 13.2. The first-order valence-electron chi connectivity index (χ1n) is 11.8. The number of phenols is 1. The molecule has 0 aliphatic heterocycles. The Bertz CT molecular complexity index is 774. The first-order valence-corrected chi connectivity index (χ1v) is 11.8. The predicted molar refractivity (Wildman–Crippen MR) is 129 cm³/mol. The average Bonchev–Trinajstić information content (AvgIpc) is 2.69. The van der Waals surface area contributed by atoms with Crippen LogP contribution >= 0.6 is 0 Å². The molecule has 8 nitrogen and oxygen atoms in total. The van der Waals surface area contributed by atoms with Crippen LogP contribution in [-0.4, -0.2) is 52.6 Å². The number of rotatable bonds is 12. The Kier molecular flexibility index (Phi) is 11.7. The van der Waals surface area contributed by atoms with E-state index < -0.39 is 23.6 Å². The number of amides is 3. The summed E-state index contributed by atoms with van der Waals surface area (Å²) in [4.78, 5) is 40.0. The molecule has 0 aliphatic carbocycles. The van der Waals surface area contributed by atoms with Crippen molar-refractivity contribution in [3.05, 3.63) is 29.8 Å². The van der Waals surface area contributed by atoms with E-state index in [1.54, 1.807) is 32.9 Å². The minimum absolute atomic E-state index is 0.0112. The maximum Gasteiger partial charge on any atom is 0.408 e. The molecule has 1 rings (SSSR count). The van der Waals surface area contributed by atoms with Crippen LogP contribution in [0.2, 0.25) is 0 Å². The molecule has 0 bridgehead atoms. The van der Waals surface area contributed by atoms with E-state index in [4.69, 9.17) is 4.74 Å². The molecule has 0 aromatic heterocycles. The summed E-state index contributed by atoms with van der Waals surface area (Å²) in [6.45, 7) is 11.1. The van der Waals surface area contributed by atoms with E-state index in [0.29, 0.717) is 12.1 Å². The van der Waals surface area contributed by atoms with Crippen LogP contribution in [0.25, 0.3) is 0 Å². The second-order valence-corrected chi connectivity index (χ2v) is 9.52. The van der Waals surface area contributed by atoms with Gasteiger partial charge in [-0.1, -0.05) is 44.7 Å². The van der Waals surface area contributed by atoms with E-state index in [9.17, 15) is 19.5 Å². The highest BCUT2D eigenvalue weighted by molar-refractivity contribution is 5.90. The number of benzene rings is 1. The van der Waals surface area contributed by atoms with Gasteiger partial charge >= 0.3 is 6.09 Å². The van der Waals surface area contributed by atoms with Crippen molar-refractivity contribution < 1.29 is 24.2 Å². The summed E-state index contributed by atoms with van der Waals surface area (Å²) in [6.07, 6.45) is 4.21. The number of carbonyl (C=O) groups is 3. The second kappa shape index (κ2) is 13.7. The number of hydrogen-bond acceptors (Lipinski definition) is 5. The van der Waals surface area contributed by atoms with Crippen LogP contribution in [0.5, 0.6) is 5.75 Å². The topological polar surface area (TPSA) is 108 Å². The van der Waals surface area contributed by atoms with Crippen molar-refractivity contribution in [2.45, 2.75) is 91.3 Å². The largest absolute Gasteiger partial charge is 0.508 e. The zero-order valence-electron chi connectivity index (χ0n) is 20.9. The molecule has 0 fully saturated rings. The van der Waals surface area contributed by atoms with Gasteiger partial charge in [0.2, 0.25) is 11.8 Å². The lowest BCUT2D eigenvalue weighted by Gasteiger charge is -2.32. The summed E-state index contributed by atoms with van der Waals surface area (Å²) < 4.78 is 5.22. The molecule has 1 aromatic carbocycles. The molecule has 0 saturated heterocycles. The molecule has 186 valence electrons. The van der Waals surface area contributed by atoms with Gasteiger partial charge in [-0.3, -0.25) is 9.59 Å². The Morgan fingerprint density at radius 3 is 2.33 bits per heavy atom. The van der Waals surface area contributed by atoms with Crippen molar-refractivity contribution >= 4 is 17.9 Å². The van der Waals surface area contributed by atoms with Gasteiger partial charge in [0.05, 0.1) is 0 Å². The number of aromatic hydroxyl groups is 1. The lowest BCUT2D eigenvalue weighted by Crippen LogP contribution is -2.49. The number of nitrogens with zero attached hydrogens (tertiary/aromatic N) is 1. The lowest BCUT2D eigenvalue weighted by molar-refractivity contribution is -0.140. The van der Waals surface area contributed by atoms with Crippen molar-refractivity contribution in [3.8, 4) is 5.75 Å². The van der Waals surface area contributed by atoms with E-state index >= 15 is 0 Å². The van der Waals surface area contributed by atoms with E-state index in [1.807, 2.05) is 13.8 Å². The normalized spacial score (nSPS) is 12.2. The Hall–Kier alpha value is -2.77. The van der Waals surface area contributed by atoms with E-state index in [1.165, 1.54) is 17.0 Å². The maximum absolute atomic E-state index is 13.2. The van der Waals surface area contributed by atoms with Crippen LogP contribution < -0.4 is 10.6 Å². The van der Waals surface area contributed by atoms with Crippen molar-refractivity contribution in [2.75, 3.05) is 13.1 Å². The summed E-state index contributed by atoms with van der Waals surface area (Å²) in [5.74, 6) is -0.726. The van der Waals surface area contributed by atoms with Gasteiger partial charge in [0.1, 0.15) is 23.9 Å². The van der Waals surface area contributed by atoms with Gasteiger partial charge in [-0.25, -0.2) is 4.79 Å². The number of nitrogens with one attached hydrogen (secondary N) is 2. The SMILES string of the molecule is CCCCCCCN(C(=O)CNC(=O)OC(C)(C)C)C(C(=O)NC(C)C)c1cccc(O)c1. The molecular weight excluding hydrogens is 422 g/mol. The third-order valence-electron chi connectivity index (χ3n) is 4.78. The Labute approximate surface area is 198 Å². The van der Waals surface area contributed by atoms with Crippen molar-refractivity contribution in [1.82, 2.24) is 15.5 Å². The van der Waals surface area contributed by atoms with Gasteiger partial charge in [-0.05, 0) is 58.7 Å². The second-order valence-electron chi connectivity index (χ2n) is 9.52. The first kappa shape index (κ1) is 28.3. The third-order valence-corrected chi connectivity index (χ3v) is 4.78. The standard InChI is InChI=1S/C25H41N3O5/c1-7-8-9-10-11-15-28(21(30)17-26-24(32)33-25(4,5)6)22(23(31)27-18(2)3)19-13-12-14-20(29)16-19/h12-14,16,18,22,29H,7-11,15,17H2,1-6H3,(H,26,32)(H,27,31). The molecule has 8 heteroatoms. The highest BCUT2D eigenvalue weighted by Crippen LogP contribution is 2.25. The Morgan fingerprint density at radius 1 is 1.09 bits per heavy atom. The summed E-state index contributed by atoms with van der Waals surface area (Å²) >= 11 is 0. The van der Waals surface area contributed by atoms with Gasteiger partial charge in [0, 0.05) is 12.6 Å². The molecule has 0 saturated carbocycles. The summed E-state index contributed by atoms with van der Waals surface area (Å²) in [7, 11) is 0. The van der Waals surface area contributed by atoms with Gasteiger partial charge < -0.3 is 25.4 Å². The Balaban J connectivity index is 3.14. The van der Waals surface area contributed by atoms with E-state index in [0.717, 1.165) is 32.1 Å². The third kappa shape index (κ3) is 11.1. The van der Waals surface area contributed by atoms with Crippen molar-refractivity contribution in [1.29, 1.82) is 0 Å². The summed E-state index contributed by atoms with van der Waals surface area (Å²) in [5.41, 5.74) is -0.180. The smallest absolute Gasteiger partial charge is 0.408 e. The molecule has 0 heterocycles. The number of ether oxygens (including phenoxy) is 1. The molecule has 33 heavy (non-hydrogen) atoms. The fraction of sp³-hybridized carbons (Fsp3) is 0.640. The highest BCUT2D eigenvalue weighted by Gasteiger charge is 2.32. The van der Waals surface area contributed by atoms with Gasteiger partial charge in [-0.15, -0.1) is 0 Å². The summed E-state index contributed by atoms with van der Waals surface area (Å²) in [6, 6.07) is 5.30. The highest BCUT2D eigenvalue weighted by atomic mass is 16.6. The number of carbonyl (C=O) groups excluding carboxylic acids is 3. The fourth-order valence-electron chi connectivity index (χ4n) is 3.38. The molecule has 1 aromatic rings. The van der Waals surface area contributed by atoms with Crippen LogP contribution in [0.4, 0.5) is 4.79 Å². The summed E-state index contributed by atoms with van der Waals surface area (Å²) in [5, 5.41) is 15.4. The van der Waals surface area contributed by atoms with Crippen LogP contribution in [0, 0.1) is 0 Å². The number of phenolic OH excluding ortho intramolecular Hbond substituents is 1. The molecule has 0 spiro atoms. The molecule has 0 aliphatic rings. The van der Waals surface area contributed by atoms with Crippen LogP contribution in [-0.2, 0) is 14.3 Å². The fourth-order valence-corrected chi connectivity index (χ4v) is 3.38. The minimum Gasteiger partial charge on any atom is -0.508 e. The van der Waals surface area contributed by atoms with Crippen LogP contribution in [0.15, 0.2) is 24.3 Å². The zero-order valence-corrected chi connectivity index (χ0v) is 20.9. The molecule has 0 radical (unpaired) electrons. The van der Waals surface area contributed by atoms with Crippen molar-refractivity contribution in [2.24, 2.45) is 0 Å². The molecular formula is C25H41N3O5. The van der Waals surface area contributed by atoms with Crippen LogP contribution in [0.3, 0.4) is 0 Å². The van der Waals surface area contributed by atoms with E-state index in [-0.39, 0.29) is 24.2 Å². The zero-order chi connectivity index (χ0) is 25.0. The quantitative estimate of drug-likeness (QED) is 0.401. The lowest BCUT2D eigenvalue weighted by atomic mass is 10.0. The average molecular weight is 464 g/mol. The molecule has 1 unspecified atom stereocenters. The van der Waals surface area contributed by atoms with Gasteiger partial charge in [0.15, 0.2) is 0 Å². The molecule has 1 atom stereocenters. The van der Waals surface area contributed by atoms with Crippen molar-refractivity contribution in [3.63, 3.8) is 0 Å². The minimum atomic E-state index is -0.932. The van der Waals surface area contributed by atoms with Gasteiger partial charge in [-0.2, -0.15) is 0 Å². The number of hydrogen-bond donors (Lipinski definition) is 3. The van der Waals surface area contributed by atoms with E-state index in [2.05, 4.69) is 17.6 Å². The van der Waals surface area contributed by atoms with Gasteiger partial charge in [0.25, 0.3) is 0 Å². The Morgan fingerprint density at radius 2 is 1.76 bits per heavy atom. The number of unbranched alkanes of at least 4 members (excludes halogenated alkanes) is 4. The predicted octanol–water partition coefficient (Wildman–Crippen LogP) is 4.28.